The lowest BCUT2D eigenvalue weighted by molar-refractivity contribution is -0.117. The number of carbonyl (C=O) groups excluding carboxylic acids is 2. The lowest BCUT2D eigenvalue weighted by atomic mass is 10.1. The highest BCUT2D eigenvalue weighted by molar-refractivity contribution is 6.44. The lowest BCUT2D eigenvalue weighted by Gasteiger charge is -2.11. The van der Waals surface area contributed by atoms with Crippen molar-refractivity contribution < 1.29 is 9.59 Å². The van der Waals surface area contributed by atoms with Crippen LogP contribution in [0.4, 0.5) is 17.1 Å². The molecule has 0 heterocycles. The number of carbonyl (C=O) groups is 2. The van der Waals surface area contributed by atoms with Crippen molar-refractivity contribution in [1.82, 2.24) is 0 Å². The standard InChI is InChI=1S/C19H20Cl3N3O2/c1-11(2)7-18(26)24-13-5-3-12(4-6-13)23-10-19(27)25-17-9-15(21)14(20)8-16(17)22/h3-6,8-9,11,23H,7,10H2,1-2H3,(H,24,26)(H,25,27). The topological polar surface area (TPSA) is 70.2 Å². The Morgan fingerprint density at radius 2 is 1.44 bits per heavy atom. The zero-order valence-corrected chi connectivity index (χ0v) is 17.2. The number of nitrogens with one attached hydrogen (secondary N) is 3. The molecule has 2 aromatic rings. The van der Waals surface area contributed by atoms with Crippen LogP contribution in [-0.2, 0) is 9.59 Å². The normalized spacial score (nSPS) is 10.6. The molecule has 0 spiro atoms. The van der Waals surface area contributed by atoms with E-state index in [1.165, 1.54) is 12.1 Å². The first-order chi connectivity index (χ1) is 12.7. The van der Waals surface area contributed by atoms with E-state index < -0.39 is 0 Å². The number of hydrogen-bond acceptors (Lipinski definition) is 3. The second-order valence-corrected chi connectivity index (χ2v) is 7.59. The quantitative estimate of drug-likeness (QED) is 0.497. The third kappa shape index (κ3) is 6.94. The van der Waals surface area contributed by atoms with Gasteiger partial charge in [-0.2, -0.15) is 0 Å². The molecule has 27 heavy (non-hydrogen) atoms. The Balaban J connectivity index is 1.86. The lowest BCUT2D eigenvalue weighted by Crippen LogP contribution is -2.22. The van der Waals surface area contributed by atoms with Crippen molar-refractivity contribution in [3.63, 3.8) is 0 Å². The van der Waals surface area contributed by atoms with E-state index in [-0.39, 0.29) is 18.4 Å². The molecule has 3 N–H and O–H groups in total. The number of rotatable bonds is 7. The summed E-state index contributed by atoms with van der Waals surface area (Å²) in [6.07, 6.45) is 0.470. The van der Waals surface area contributed by atoms with E-state index in [2.05, 4.69) is 16.0 Å². The average molecular weight is 429 g/mol. The van der Waals surface area contributed by atoms with Gasteiger partial charge in [-0.1, -0.05) is 48.7 Å². The highest BCUT2D eigenvalue weighted by atomic mass is 35.5. The van der Waals surface area contributed by atoms with E-state index in [0.29, 0.717) is 38.8 Å². The van der Waals surface area contributed by atoms with Gasteiger partial charge in [-0.25, -0.2) is 0 Å². The summed E-state index contributed by atoms with van der Waals surface area (Å²) in [7, 11) is 0. The second-order valence-electron chi connectivity index (χ2n) is 6.37. The summed E-state index contributed by atoms with van der Waals surface area (Å²) in [4.78, 5) is 23.8. The molecule has 0 aliphatic carbocycles. The van der Waals surface area contributed by atoms with Crippen LogP contribution < -0.4 is 16.0 Å². The molecule has 0 aliphatic heterocycles. The van der Waals surface area contributed by atoms with Crippen LogP contribution in [0.1, 0.15) is 20.3 Å². The van der Waals surface area contributed by atoms with Crippen LogP contribution in [0.5, 0.6) is 0 Å². The molecule has 5 nitrogen and oxygen atoms in total. The van der Waals surface area contributed by atoms with Crippen LogP contribution in [0, 0.1) is 5.92 Å². The van der Waals surface area contributed by atoms with Crippen molar-refractivity contribution in [3.8, 4) is 0 Å². The molecule has 0 saturated heterocycles. The number of amides is 2. The summed E-state index contributed by atoms with van der Waals surface area (Å²) >= 11 is 17.8. The van der Waals surface area contributed by atoms with E-state index in [4.69, 9.17) is 34.8 Å². The summed E-state index contributed by atoms with van der Waals surface area (Å²) in [5, 5.41) is 9.42. The zero-order valence-electron chi connectivity index (χ0n) is 14.9. The highest BCUT2D eigenvalue weighted by Gasteiger charge is 2.10. The van der Waals surface area contributed by atoms with Gasteiger partial charge in [0.2, 0.25) is 11.8 Å². The van der Waals surface area contributed by atoms with Crippen molar-refractivity contribution in [2.75, 3.05) is 22.5 Å². The Bertz CT molecular complexity index is 824. The number of anilines is 3. The minimum absolute atomic E-state index is 0.0245. The second kappa shape index (κ2) is 9.83. The van der Waals surface area contributed by atoms with Gasteiger partial charge in [-0.3, -0.25) is 9.59 Å². The molecular weight excluding hydrogens is 409 g/mol. The maximum Gasteiger partial charge on any atom is 0.243 e. The van der Waals surface area contributed by atoms with Crippen molar-refractivity contribution in [1.29, 1.82) is 0 Å². The van der Waals surface area contributed by atoms with Crippen LogP contribution in [0.2, 0.25) is 15.1 Å². The monoisotopic (exact) mass is 427 g/mol. The van der Waals surface area contributed by atoms with Gasteiger partial charge in [0.05, 0.1) is 27.3 Å². The fraction of sp³-hybridized carbons (Fsp3) is 0.263. The van der Waals surface area contributed by atoms with Crippen LogP contribution in [0.25, 0.3) is 0 Å². The fourth-order valence-electron chi connectivity index (χ4n) is 2.25. The van der Waals surface area contributed by atoms with E-state index >= 15 is 0 Å². The number of benzene rings is 2. The third-order valence-electron chi connectivity index (χ3n) is 3.50. The van der Waals surface area contributed by atoms with Crippen molar-refractivity contribution in [2.45, 2.75) is 20.3 Å². The zero-order chi connectivity index (χ0) is 20.0. The molecule has 0 fully saturated rings. The molecule has 2 amide bonds. The summed E-state index contributed by atoms with van der Waals surface area (Å²) in [6, 6.07) is 10.1. The summed E-state index contributed by atoms with van der Waals surface area (Å²) in [5.41, 5.74) is 1.84. The SMILES string of the molecule is CC(C)CC(=O)Nc1ccc(NCC(=O)Nc2cc(Cl)c(Cl)cc2Cl)cc1. The first-order valence-electron chi connectivity index (χ1n) is 8.32. The minimum Gasteiger partial charge on any atom is -0.376 e. The molecule has 0 radical (unpaired) electrons. The van der Waals surface area contributed by atoms with Gasteiger partial charge in [0.25, 0.3) is 0 Å². The molecule has 2 aromatic carbocycles. The van der Waals surface area contributed by atoms with Gasteiger partial charge < -0.3 is 16.0 Å². The minimum atomic E-state index is -0.287. The highest BCUT2D eigenvalue weighted by Crippen LogP contribution is 2.32. The van der Waals surface area contributed by atoms with Crippen molar-refractivity contribution in [3.05, 3.63) is 51.5 Å². The van der Waals surface area contributed by atoms with Gasteiger partial charge in [0, 0.05) is 17.8 Å². The Hall–Kier alpha value is -1.95. The largest absolute Gasteiger partial charge is 0.376 e. The molecule has 8 heteroatoms. The summed E-state index contributed by atoms with van der Waals surface area (Å²) < 4.78 is 0. The van der Waals surface area contributed by atoms with Crippen LogP contribution in [0.15, 0.2) is 36.4 Å². The molecule has 0 aromatic heterocycles. The van der Waals surface area contributed by atoms with Gasteiger partial charge in [0.15, 0.2) is 0 Å². The van der Waals surface area contributed by atoms with Crippen molar-refractivity contribution in [2.24, 2.45) is 5.92 Å². The molecule has 144 valence electrons. The number of hydrogen-bond donors (Lipinski definition) is 3. The smallest absolute Gasteiger partial charge is 0.243 e. The third-order valence-corrected chi connectivity index (χ3v) is 4.53. The molecule has 0 saturated carbocycles. The molecule has 0 aliphatic rings. The maximum atomic E-state index is 12.1. The first kappa shape index (κ1) is 21.4. The summed E-state index contributed by atoms with van der Waals surface area (Å²) in [5.74, 6) is -0.0123. The first-order valence-corrected chi connectivity index (χ1v) is 9.46. The Morgan fingerprint density at radius 1 is 0.852 bits per heavy atom. The van der Waals surface area contributed by atoms with Crippen molar-refractivity contribution >= 4 is 63.7 Å². The fourth-order valence-corrected chi connectivity index (χ4v) is 2.84. The van der Waals surface area contributed by atoms with E-state index in [0.717, 1.165) is 5.69 Å². The Labute approximate surface area is 173 Å². The summed E-state index contributed by atoms with van der Waals surface area (Å²) in [6.45, 7) is 4.02. The Kier molecular flexibility index (Phi) is 7.78. The maximum absolute atomic E-state index is 12.1. The number of halogens is 3. The van der Waals surface area contributed by atoms with E-state index in [1.54, 1.807) is 24.3 Å². The van der Waals surface area contributed by atoms with Gasteiger partial charge in [-0.15, -0.1) is 0 Å². The van der Waals surface area contributed by atoms with Crippen LogP contribution in [-0.4, -0.2) is 18.4 Å². The van der Waals surface area contributed by atoms with Gasteiger partial charge in [-0.05, 0) is 42.3 Å². The average Bonchev–Trinajstić information content (AvgIpc) is 2.58. The molecule has 0 unspecified atom stereocenters. The molecular formula is C19H20Cl3N3O2. The van der Waals surface area contributed by atoms with Gasteiger partial charge in [0.1, 0.15) is 0 Å². The molecule has 0 bridgehead atoms. The predicted octanol–water partition coefficient (Wildman–Crippen LogP) is 5.68. The van der Waals surface area contributed by atoms with Gasteiger partial charge >= 0.3 is 0 Å². The molecule has 0 atom stereocenters. The van der Waals surface area contributed by atoms with Crippen LogP contribution in [0.3, 0.4) is 0 Å². The Morgan fingerprint density at radius 3 is 2.07 bits per heavy atom. The van der Waals surface area contributed by atoms with E-state index in [1.807, 2.05) is 13.8 Å². The van der Waals surface area contributed by atoms with Crippen LogP contribution >= 0.6 is 34.8 Å². The predicted molar refractivity (Wildman–Crippen MR) is 113 cm³/mol. The molecule has 2 rings (SSSR count). The van der Waals surface area contributed by atoms with E-state index in [9.17, 15) is 9.59 Å².